The molecule has 0 bridgehead atoms. The molecule has 1 aromatic heterocycles. The molecule has 1 aliphatic heterocycles. The summed E-state index contributed by atoms with van der Waals surface area (Å²) in [7, 11) is 0. The normalized spacial score (nSPS) is 21.3. The molecule has 120 valence electrons. The Balaban J connectivity index is 1.76. The Kier molecular flexibility index (Phi) is 3.39. The van der Waals surface area contributed by atoms with Gasteiger partial charge in [-0.1, -0.05) is 18.9 Å². The molecule has 1 atom stereocenters. The van der Waals surface area contributed by atoms with Crippen LogP contribution in [0.25, 0.3) is 0 Å². The van der Waals surface area contributed by atoms with Crippen LogP contribution in [0, 0.1) is 11.6 Å². The van der Waals surface area contributed by atoms with Crippen LogP contribution in [0.15, 0.2) is 24.4 Å². The lowest BCUT2D eigenvalue weighted by Crippen LogP contribution is -2.25. The molecular formula is C17H17F2N3O. The second kappa shape index (κ2) is 5.44. The van der Waals surface area contributed by atoms with Gasteiger partial charge in [0, 0.05) is 17.9 Å². The molecule has 4 rings (SSSR count). The summed E-state index contributed by atoms with van der Waals surface area (Å²) in [4.78, 5) is 12.1. The fourth-order valence-electron chi connectivity index (χ4n) is 3.69. The smallest absolute Gasteiger partial charge is 0.226 e. The molecule has 1 N–H and O–H groups in total. The van der Waals surface area contributed by atoms with Crippen molar-refractivity contribution in [1.29, 1.82) is 0 Å². The van der Waals surface area contributed by atoms with Crippen LogP contribution in [0.2, 0.25) is 0 Å². The average molecular weight is 317 g/mol. The van der Waals surface area contributed by atoms with E-state index in [4.69, 9.17) is 0 Å². The lowest BCUT2D eigenvalue weighted by atomic mass is 9.87. The molecule has 6 heteroatoms. The Morgan fingerprint density at radius 3 is 2.70 bits per heavy atom. The van der Waals surface area contributed by atoms with E-state index in [1.807, 2.05) is 4.68 Å². The summed E-state index contributed by atoms with van der Waals surface area (Å²) in [5, 5.41) is 7.37. The summed E-state index contributed by atoms with van der Waals surface area (Å²) in [5.74, 6) is -1.46. The van der Waals surface area contributed by atoms with E-state index < -0.39 is 11.6 Å². The maximum absolute atomic E-state index is 13.6. The number of fused-ring (bicyclic) bond motifs is 1. The number of halogens is 2. The SMILES string of the molecule is O=C1C[C@H](c2ccc(F)c(F)c2)c2cnn(C3CCCC3)c2N1. The Labute approximate surface area is 132 Å². The summed E-state index contributed by atoms with van der Waals surface area (Å²) in [5.41, 5.74) is 1.48. The highest BCUT2D eigenvalue weighted by atomic mass is 19.2. The summed E-state index contributed by atoms with van der Waals surface area (Å²) >= 11 is 0. The number of nitrogens with zero attached hydrogens (tertiary/aromatic N) is 2. The molecule has 1 amide bonds. The lowest BCUT2D eigenvalue weighted by Gasteiger charge is -2.25. The van der Waals surface area contributed by atoms with E-state index in [0.717, 1.165) is 24.5 Å². The molecule has 1 aromatic carbocycles. The topological polar surface area (TPSA) is 46.9 Å². The molecule has 23 heavy (non-hydrogen) atoms. The first kappa shape index (κ1) is 14.4. The van der Waals surface area contributed by atoms with Gasteiger partial charge < -0.3 is 5.32 Å². The summed E-state index contributed by atoms with van der Waals surface area (Å²) in [6.45, 7) is 0. The van der Waals surface area contributed by atoms with E-state index in [9.17, 15) is 13.6 Å². The standard InChI is InChI=1S/C17H17F2N3O/c18-14-6-5-10(7-15(14)19)12-8-16(23)21-17-13(12)9-20-22(17)11-3-1-2-4-11/h5-7,9,11-12H,1-4,8H2,(H,21,23)/t12-/m1/s1. The highest BCUT2D eigenvalue weighted by Crippen LogP contribution is 2.40. The third-order valence-corrected chi connectivity index (χ3v) is 4.86. The highest BCUT2D eigenvalue weighted by Gasteiger charge is 2.32. The van der Waals surface area contributed by atoms with Crippen LogP contribution in [0.1, 0.15) is 55.2 Å². The predicted molar refractivity (Wildman–Crippen MR) is 81.2 cm³/mol. The van der Waals surface area contributed by atoms with Crippen molar-refractivity contribution in [3.63, 3.8) is 0 Å². The first-order valence-electron chi connectivity index (χ1n) is 7.95. The number of carbonyl (C=O) groups excluding carboxylic acids is 1. The number of anilines is 1. The molecule has 0 radical (unpaired) electrons. The maximum Gasteiger partial charge on any atom is 0.226 e. The molecule has 1 aliphatic carbocycles. The minimum Gasteiger partial charge on any atom is -0.311 e. The van der Waals surface area contributed by atoms with Gasteiger partial charge in [0.1, 0.15) is 5.82 Å². The van der Waals surface area contributed by atoms with Gasteiger partial charge in [0.15, 0.2) is 11.6 Å². The molecule has 1 fully saturated rings. The zero-order chi connectivity index (χ0) is 16.0. The third kappa shape index (κ3) is 2.42. The minimum atomic E-state index is -0.891. The van der Waals surface area contributed by atoms with E-state index >= 15 is 0 Å². The summed E-state index contributed by atoms with van der Waals surface area (Å²) in [6.07, 6.45) is 6.41. The van der Waals surface area contributed by atoms with Crippen LogP contribution in [-0.2, 0) is 4.79 Å². The maximum atomic E-state index is 13.6. The summed E-state index contributed by atoms with van der Waals surface area (Å²) < 4.78 is 28.6. The summed E-state index contributed by atoms with van der Waals surface area (Å²) in [6, 6.07) is 4.13. The zero-order valence-electron chi connectivity index (χ0n) is 12.6. The Bertz CT molecular complexity index is 765. The number of hydrogen-bond acceptors (Lipinski definition) is 2. The molecule has 2 aliphatic rings. The predicted octanol–water partition coefficient (Wildman–Crippen LogP) is 3.75. The van der Waals surface area contributed by atoms with Crippen molar-refractivity contribution in [2.24, 2.45) is 0 Å². The average Bonchev–Trinajstić information content (AvgIpc) is 3.17. The van der Waals surface area contributed by atoms with Crippen LogP contribution in [0.4, 0.5) is 14.6 Å². The van der Waals surface area contributed by atoms with Crippen LogP contribution in [0.5, 0.6) is 0 Å². The monoisotopic (exact) mass is 317 g/mol. The van der Waals surface area contributed by atoms with Crippen molar-refractivity contribution >= 4 is 11.7 Å². The molecule has 1 saturated carbocycles. The number of aromatic nitrogens is 2. The number of amides is 1. The van der Waals surface area contributed by atoms with Gasteiger partial charge in [-0.2, -0.15) is 5.10 Å². The first-order chi connectivity index (χ1) is 11.1. The number of nitrogens with one attached hydrogen (secondary N) is 1. The van der Waals surface area contributed by atoms with Gasteiger partial charge in [0.2, 0.25) is 5.91 Å². The van der Waals surface area contributed by atoms with Gasteiger partial charge in [-0.05, 0) is 30.5 Å². The fraction of sp³-hybridized carbons (Fsp3) is 0.412. The molecule has 2 heterocycles. The quantitative estimate of drug-likeness (QED) is 0.917. The molecule has 0 spiro atoms. The highest BCUT2D eigenvalue weighted by molar-refractivity contribution is 5.94. The second-order valence-electron chi connectivity index (χ2n) is 6.31. The van der Waals surface area contributed by atoms with E-state index in [-0.39, 0.29) is 18.2 Å². The number of carbonyl (C=O) groups is 1. The van der Waals surface area contributed by atoms with E-state index in [1.54, 1.807) is 12.3 Å². The number of rotatable bonds is 2. The van der Waals surface area contributed by atoms with E-state index in [0.29, 0.717) is 17.4 Å². The van der Waals surface area contributed by atoms with E-state index in [1.165, 1.54) is 18.9 Å². The van der Waals surface area contributed by atoms with Gasteiger partial charge in [0.05, 0.1) is 12.2 Å². The van der Waals surface area contributed by atoms with Gasteiger partial charge in [-0.25, -0.2) is 13.5 Å². The van der Waals surface area contributed by atoms with Gasteiger partial charge in [-0.15, -0.1) is 0 Å². The minimum absolute atomic E-state index is 0.119. The second-order valence-corrected chi connectivity index (χ2v) is 6.31. The van der Waals surface area contributed by atoms with Gasteiger partial charge in [-0.3, -0.25) is 4.79 Å². The molecule has 4 nitrogen and oxygen atoms in total. The van der Waals surface area contributed by atoms with E-state index in [2.05, 4.69) is 10.4 Å². The number of hydrogen-bond donors (Lipinski definition) is 1. The Hall–Kier alpha value is -2.24. The Morgan fingerprint density at radius 2 is 1.96 bits per heavy atom. The van der Waals surface area contributed by atoms with Gasteiger partial charge in [0.25, 0.3) is 0 Å². The van der Waals surface area contributed by atoms with Crippen LogP contribution in [0.3, 0.4) is 0 Å². The third-order valence-electron chi connectivity index (χ3n) is 4.86. The van der Waals surface area contributed by atoms with Crippen LogP contribution < -0.4 is 5.32 Å². The zero-order valence-corrected chi connectivity index (χ0v) is 12.6. The first-order valence-corrected chi connectivity index (χ1v) is 7.95. The molecule has 2 aromatic rings. The van der Waals surface area contributed by atoms with Crippen molar-refractivity contribution in [2.45, 2.75) is 44.1 Å². The molecule has 0 saturated heterocycles. The van der Waals surface area contributed by atoms with Crippen molar-refractivity contribution in [3.05, 3.63) is 47.2 Å². The van der Waals surface area contributed by atoms with Gasteiger partial charge >= 0.3 is 0 Å². The lowest BCUT2D eigenvalue weighted by molar-refractivity contribution is -0.116. The van der Waals surface area contributed by atoms with Crippen molar-refractivity contribution in [3.8, 4) is 0 Å². The number of benzene rings is 1. The Morgan fingerprint density at radius 1 is 1.17 bits per heavy atom. The fourth-order valence-corrected chi connectivity index (χ4v) is 3.69. The van der Waals surface area contributed by atoms with Crippen molar-refractivity contribution < 1.29 is 13.6 Å². The van der Waals surface area contributed by atoms with Crippen LogP contribution in [-0.4, -0.2) is 15.7 Å². The van der Waals surface area contributed by atoms with Crippen molar-refractivity contribution in [2.75, 3.05) is 5.32 Å². The molecular weight excluding hydrogens is 300 g/mol. The molecule has 0 unspecified atom stereocenters. The van der Waals surface area contributed by atoms with Crippen molar-refractivity contribution in [1.82, 2.24) is 9.78 Å². The van der Waals surface area contributed by atoms with Crippen LogP contribution >= 0.6 is 0 Å². The largest absolute Gasteiger partial charge is 0.311 e.